The second-order valence-corrected chi connectivity index (χ2v) is 6.91. The molecule has 3 rings (SSSR count). The molecule has 1 heterocycles. The fourth-order valence-electron chi connectivity index (χ4n) is 3.10. The van der Waals surface area contributed by atoms with Gasteiger partial charge in [0.15, 0.2) is 0 Å². The largest absolute Gasteiger partial charge is 0.416 e. The van der Waals surface area contributed by atoms with Crippen LogP contribution in [0, 0.1) is 0 Å². The molecule has 26 heavy (non-hydrogen) atoms. The molecule has 1 aliphatic rings. The van der Waals surface area contributed by atoms with Gasteiger partial charge in [0.1, 0.15) is 0 Å². The molecule has 0 aliphatic carbocycles. The summed E-state index contributed by atoms with van der Waals surface area (Å²) in [5.74, 6) is -0.385. The quantitative estimate of drug-likeness (QED) is 0.865. The number of alkyl halides is 3. The van der Waals surface area contributed by atoms with Crippen LogP contribution in [0.1, 0.15) is 27.0 Å². The first kappa shape index (κ1) is 18.7. The van der Waals surface area contributed by atoms with E-state index < -0.39 is 11.7 Å². The second kappa shape index (κ2) is 7.29. The summed E-state index contributed by atoms with van der Waals surface area (Å²) in [5, 5.41) is 3.49. The minimum atomic E-state index is -4.41. The van der Waals surface area contributed by atoms with Crippen molar-refractivity contribution in [3.05, 3.63) is 69.7 Å². The number of carbonyl (C=O) groups excluding carboxylic acids is 1. The van der Waals surface area contributed by atoms with Gasteiger partial charge in [-0.2, -0.15) is 13.2 Å². The van der Waals surface area contributed by atoms with Gasteiger partial charge in [0.2, 0.25) is 0 Å². The van der Waals surface area contributed by atoms with E-state index in [4.69, 9.17) is 11.6 Å². The van der Waals surface area contributed by atoms with E-state index in [2.05, 4.69) is 10.2 Å². The maximum atomic E-state index is 12.6. The smallest absolute Gasteiger partial charge is 0.350 e. The molecule has 3 nitrogen and oxygen atoms in total. The third-order valence-corrected chi connectivity index (χ3v) is 4.87. The topological polar surface area (TPSA) is 32.3 Å². The number of carbonyl (C=O) groups is 1. The first-order valence-electron chi connectivity index (χ1n) is 8.17. The van der Waals surface area contributed by atoms with Crippen molar-refractivity contribution in [2.24, 2.45) is 0 Å². The highest BCUT2D eigenvalue weighted by molar-refractivity contribution is 6.30. The maximum Gasteiger partial charge on any atom is 0.416 e. The van der Waals surface area contributed by atoms with Crippen LogP contribution < -0.4 is 5.32 Å². The number of nitrogens with zero attached hydrogens (tertiary/aromatic N) is 1. The normalized spacial score (nSPS) is 17.7. The van der Waals surface area contributed by atoms with Crippen molar-refractivity contribution in [3.63, 3.8) is 0 Å². The predicted octanol–water partition coefficient (Wildman–Crippen LogP) is 4.15. The fraction of sp³-hybridized carbons (Fsp3) is 0.316. The van der Waals surface area contributed by atoms with Gasteiger partial charge >= 0.3 is 6.18 Å². The molecule has 0 saturated carbocycles. The van der Waals surface area contributed by atoms with Crippen LogP contribution >= 0.6 is 11.6 Å². The number of amides is 1. The summed E-state index contributed by atoms with van der Waals surface area (Å²) in [6.07, 6.45) is -3.66. The molecule has 1 amide bonds. The van der Waals surface area contributed by atoms with Gasteiger partial charge in [-0.3, -0.25) is 9.69 Å². The van der Waals surface area contributed by atoms with Crippen molar-refractivity contribution >= 4 is 17.5 Å². The minimum absolute atomic E-state index is 0.0966. The third kappa shape index (κ3) is 4.19. The molecule has 138 valence electrons. The van der Waals surface area contributed by atoms with Crippen LogP contribution in [0.25, 0.3) is 0 Å². The summed E-state index contributed by atoms with van der Waals surface area (Å²) in [5.41, 5.74) is 1.81. The summed E-state index contributed by atoms with van der Waals surface area (Å²) in [7, 11) is 1.98. The zero-order valence-corrected chi connectivity index (χ0v) is 14.9. The van der Waals surface area contributed by atoms with E-state index >= 15 is 0 Å². The average molecular weight is 383 g/mol. The van der Waals surface area contributed by atoms with E-state index in [1.165, 1.54) is 17.7 Å². The Balaban J connectivity index is 1.62. The van der Waals surface area contributed by atoms with E-state index in [1.807, 2.05) is 25.2 Å². The monoisotopic (exact) mass is 382 g/mol. The molecule has 0 fully saturated rings. The van der Waals surface area contributed by atoms with Crippen LogP contribution in [0.3, 0.4) is 0 Å². The number of hydrogen-bond acceptors (Lipinski definition) is 2. The number of fused-ring (bicyclic) bond motifs is 1. The lowest BCUT2D eigenvalue weighted by molar-refractivity contribution is -0.137. The highest BCUT2D eigenvalue weighted by atomic mass is 35.5. The molecule has 0 saturated heterocycles. The Kier molecular flexibility index (Phi) is 5.25. The molecule has 0 aromatic heterocycles. The lowest BCUT2D eigenvalue weighted by atomic mass is 9.94. The molecular formula is C19H18ClF3N2O. The second-order valence-electron chi connectivity index (χ2n) is 6.47. The Morgan fingerprint density at radius 2 is 1.88 bits per heavy atom. The molecule has 7 heteroatoms. The van der Waals surface area contributed by atoms with E-state index in [-0.39, 0.29) is 17.5 Å². The van der Waals surface area contributed by atoms with E-state index in [0.29, 0.717) is 11.6 Å². The van der Waals surface area contributed by atoms with Gasteiger partial charge in [-0.25, -0.2) is 0 Å². The SMILES string of the molecule is CN1Cc2ccc(Cl)cc2C[C@@H]1CNC(=O)c1ccc(C(F)(F)F)cc1. The molecule has 0 spiro atoms. The number of likely N-dealkylation sites (N-methyl/N-ethyl adjacent to an activating group) is 1. The predicted molar refractivity (Wildman–Crippen MR) is 94.2 cm³/mol. The van der Waals surface area contributed by atoms with Crippen LogP contribution in [-0.2, 0) is 19.1 Å². The van der Waals surface area contributed by atoms with Gasteiger partial charge in [0, 0.05) is 29.7 Å². The van der Waals surface area contributed by atoms with E-state index in [0.717, 1.165) is 30.7 Å². The zero-order chi connectivity index (χ0) is 18.9. The van der Waals surface area contributed by atoms with Crippen LogP contribution in [0.15, 0.2) is 42.5 Å². The number of benzene rings is 2. The fourth-order valence-corrected chi connectivity index (χ4v) is 3.29. The summed E-state index contributed by atoms with van der Waals surface area (Å²) in [6.45, 7) is 1.16. The summed E-state index contributed by atoms with van der Waals surface area (Å²) < 4.78 is 37.8. The van der Waals surface area contributed by atoms with Crippen LogP contribution in [-0.4, -0.2) is 30.4 Å². The number of rotatable bonds is 3. The Bertz CT molecular complexity index is 805. The van der Waals surface area contributed by atoms with Gasteiger partial charge in [0.25, 0.3) is 5.91 Å². The van der Waals surface area contributed by atoms with Gasteiger partial charge in [-0.05, 0) is 61.0 Å². The van der Waals surface area contributed by atoms with Crippen molar-refractivity contribution in [2.75, 3.05) is 13.6 Å². The minimum Gasteiger partial charge on any atom is -0.350 e. The lowest BCUT2D eigenvalue weighted by Crippen LogP contribution is -2.45. The van der Waals surface area contributed by atoms with Gasteiger partial charge in [0.05, 0.1) is 5.56 Å². The van der Waals surface area contributed by atoms with Crippen molar-refractivity contribution < 1.29 is 18.0 Å². The molecule has 1 N–H and O–H groups in total. The highest BCUT2D eigenvalue weighted by Gasteiger charge is 2.30. The van der Waals surface area contributed by atoms with Crippen LogP contribution in [0.5, 0.6) is 0 Å². The number of halogens is 4. The first-order valence-corrected chi connectivity index (χ1v) is 8.55. The van der Waals surface area contributed by atoms with E-state index in [9.17, 15) is 18.0 Å². The third-order valence-electron chi connectivity index (χ3n) is 4.64. The maximum absolute atomic E-state index is 12.6. The van der Waals surface area contributed by atoms with Gasteiger partial charge in [-0.1, -0.05) is 17.7 Å². The number of nitrogens with one attached hydrogen (secondary N) is 1. The van der Waals surface area contributed by atoms with Crippen LogP contribution in [0.2, 0.25) is 5.02 Å². The molecule has 2 aromatic carbocycles. The molecule has 2 aromatic rings. The summed E-state index contributed by atoms with van der Waals surface area (Å²) in [6, 6.07) is 10.1. The molecule has 0 bridgehead atoms. The Morgan fingerprint density at radius 3 is 2.54 bits per heavy atom. The first-order chi connectivity index (χ1) is 12.2. The summed E-state index contributed by atoms with van der Waals surface area (Å²) in [4.78, 5) is 14.4. The highest BCUT2D eigenvalue weighted by Crippen LogP contribution is 2.29. The summed E-state index contributed by atoms with van der Waals surface area (Å²) >= 11 is 6.05. The van der Waals surface area contributed by atoms with Gasteiger partial charge < -0.3 is 5.32 Å². The van der Waals surface area contributed by atoms with Crippen molar-refractivity contribution in [2.45, 2.75) is 25.2 Å². The lowest BCUT2D eigenvalue weighted by Gasteiger charge is -2.34. The van der Waals surface area contributed by atoms with Crippen molar-refractivity contribution in [1.29, 1.82) is 0 Å². The van der Waals surface area contributed by atoms with Crippen molar-refractivity contribution in [1.82, 2.24) is 10.2 Å². The molecule has 0 radical (unpaired) electrons. The standard InChI is InChI=1S/C19H18ClF3N2O/c1-25-11-13-4-7-16(20)8-14(13)9-17(25)10-24-18(26)12-2-5-15(6-3-12)19(21,22)23/h2-8,17H,9-11H2,1H3,(H,24,26)/t17-/m1/s1. The molecular weight excluding hydrogens is 365 g/mol. The Hall–Kier alpha value is -2.05. The Labute approximate surface area is 154 Å². The van der Waals surface area contributed by atoms with Crippen LogP contribution in [0.4, 0.5) is 13.2 Å². The Morgan fingerprint density at radius 1 is 1.19 bits per heavy atom. The van der Waals surface area contributed by atoms with Gasteiger partial charge in [-0.15, -0.1) is 0 Å². The van der Waals surface area contributed by atoms with E-state index in [1.54, 1.807) is 0 Å². The average Bonchev–Trinajstić information content (AvgIpc) is 2.59. The zero-order valence-electron chi connectivity index (χ0n) is 14.1. The molecule has 1 atom stereocenters. The molecule has 0 unspecified atom stereocenters. The number of hydrogen-bond donors (Lipinski definition) is 1. The molecule has 1 aliphatic heterocycles. The van der Waals surface area contributed by atoms with Crippen molar-refractivity contribution in [3.8, 4) is 0 Å².